The van der Waals surface area contributed by atoms with Crippen LogP contribution in [0.2, 0.25) is 0 Å². The molecule has 1 saturated heterocycles. The fourth-order valence-electron chi connectivity index (χ4n) is 4.95. The van der Waals surface area contributed by atoms with E-state index >= 15 is 0 Å². The van der Waals surface area contributed by atoms with Crippen molar-refractivity contribution in [3.8, 4) is 17.2 Å². The van der Waals surface area contributed by atoms with Gasteiger partial charge in [0, 0.05) is 42.5 Å². The van der Waals surface area contributed by atoms with Gasteiger partial charge in [-0.15, -0.1) is 0 Å². The summed E-state index contributed by atoms with van der Waals surface area (Å²) in [7, 11) is 5.22. The van der Waals surface area contributed by atoms with Crippen molar-refractivity contribution in [1.29, 1.82) is 0 Å². The maximum Gasteiger partial charge on any atom is 0.343 e. The predicted molar refractivity (Wildman–Crippen MR) is 174 cm³/mol. The van der Waals surface area contributed by atoms with Crippen molar-refractivity contribution in [3.63, 3.8) is 0 Å². The van der Waals surface area contributed by atoms with Crippen LogP contribution < -0.4 is 29.7 Å². The first-order valence-electron chi connectivity index (χ1n) is 14.6. The molecule has 4 aromatic carbocycles. The standard InChI is InChI=1S/C35H36N4O6/c1-38-19-4-20-39(22-21-38)27-11-5-24(6-12-27)34(41)37-32-23-30(45-35(42)26-9-15-29(44-3)16-10-26)17-18-31(32)36-33(40)25-7-13-28(43-2)14-8-25/h5-18,23H,4,19-22H2,1-3H3,(H,36,40)(H,37,41). The molecular formula is C35H36N4O6. The number of methoxy groups -OCH3 is 2. The van der Waals surface area contributed by atoms with Crippen molar-refractivity contribution in [2.75, 3.05) is 63.0 Å². The number of hydrogen-bond acceptors (Lipinski definition) is 8. The molecule has 0 aliphatic carbocycles. The molecule has 1 aliphatic rings. The van der Waals surface area contributed by atoms with Crippen LogP contribution in [0, 0.1) is 0 Å². The van der Waals surface area contributed by atoms with E-state index in [1.807, 2.05) is 12.1 Å². The van der Waals surface area contributed by atoms with Gasteiger partial charge in [0.15, 0.2) is 0 Å². The zero-order chi connectivity index (χ0) is 31.8. The molecule has 0 atom stereocenters. The average Bonchev–Trinajstić information content (AvgIpc) is 3.30. The molecule has 45 heavy (non-hydrogen) atoms. The molecule has 0 unspecified atom stereocenters. The minimum Gasteiger partial charge on any atom is -0.497 e. The van der Waals surface area contributed by atoms with Crippen molar-refractivity contribution in [1.82, 2.24) is 4.90 Å². The zero-order valence-corrected chi connectivity index (χ0v) is 25.5. The largest absolute Gasteiger partial charge is 0.497 e. The number of benzene rings is 4. The normalized spacial score (nSPS) is 13.4. The van der Waals surface area contributed by atoms with Crippen molar-refractivity contribution in [2.45, 2.75) is 6.42 Å². The topological polar surface area (TPSA) is 109 Å². The summed E-state index contributed by atoms with van der Waals surface area (Å²) in [5.74, 6) is 0.0758. The molecular weight excluding hydrogens is 572 g/mol. The third-order valence-electron chi connectivity index (χ3n) is 7.59. The smallest absolute Gasteiger partial charge is 0.343 e. The number of esters is 1. The third-order valence-corrected chi connectivity index (χ3v) is 7.59. The van der Waals surface area contributed by atoms with E-state index in [0.717, 1.165) is 38.3 Å². The Hall–Kier alpha value is -5.35. The van der Waals surface area contributed by atoms with E-state index in [9.17, 15) is 14.4 Å². The first-order valence-corrected chi connectivity index (χ1v) is 14.6. The molecule has 232 valence electrons. The number of likely N-dealkylation sites (N-methyl/N-ethyl adjacent to an activating group) is 1. The number of amides is 2. The highest BCUT2D eigenvalue weighted by molar-refractivity contribution is 6.10. The van der Waals surface area contributed by atoms with E-state index in [2.05, 4.69) is 27.5 Å². The van der Waals surface area contributed by atoms with Gasteiger partial charge in [0.05, 0.1) is 31.2 Å². The van der Waals surface area contributed by atoms with Crippen LogP contribution in [0.3, 0.4) is 0 Å². The molecule has 10 heteroatoms. The number of ether oxygens (including phenoxy) is 3. The quantitative estimate of drug-likeness (QED) is 0.188. The van der Waals surface area contributed by atoms with Crippen LogP contribution in [0.4, 0.5) is 17.1 Å². The highest BCUT2D eigenvalue weighted by atomic mass is 16.5. The van der Waals surface area contributed by atoms with Crippen LogP contribution >= 0.6 is 0 Å². The SMILES string of the molecule is COc1ccc(C(=O)Nc2ccc(OC(=O)c3ccc(OC)cc3)cc2NC(=O)c2ccc(N3CCCN(C)CC3)cc2)cc1. The van der Waals surface area contributed by atoms with E-state index in [0.29, 0.717) is 33.9 Å². The third kappa shape index (κ3) is 7.98. The Bertz CT molecular complexity index is 1640. The Kier molecular flexibility index (Phi) is 9.96. The minimum absolute atomic E-state index is 0.190. The molecule has 4 aromatic rings. The molecule has 0 bridgehead atoms. The number of hydrogen-bond donors (Lipinski definition) is 2. The van der Waals surface area contributed by atoms with Crippen molar-refractivity contribution >= 4 is 34.8 Å². The van der Waals surface area contributed by atoms with Crippen LogP contribution in [-0.4, -0.2) is 70.1 Å². The Balaban J connectivity index is 1.36. The van der Waals surface area contributed by atoms with E-state index in [-0.39, 0.29) is 23.3 Å². The van der Waals surface area contributed by atoms with Gasteiger partial charge in [-0.3, -0.25) is 9.59 Å². The molecule has 0 radical (unpaired) electrons. The van der Waals surface area contributed by atoms with E-state index < -0.39 is 5.97 Å². The van der Waals surface area contributed by atoms with Gasteiger partial charge < -0.3 is 34.6 Å². The highest BCUT2D eigenvalue weighted by Crippen LogP contribution is 2.30. The Morgan fingerprint density at radius 1 is 0.600 bits per heavy atom. The Labute approximate surface area is 262 Å². The molecule has 2 N–H and O–H groups in total. The van der Waals surface area contributed by atoms with Crippen molar-refractivity contribution in [2.24, 2.45) is 0 Å². The summed E-state index contributed by atoms with van der Waals surface area (Å²) in [6.45, 7) is 3.91. The van der Waals surface area contributed by atoms with Gasteiger partial charge in [-0.05, 0) is 105 Å². The summed E-state index contributed by atoms with van der Waals surface area (Å²) in [5, 5.41) is 5.73. The predicted octanol–water partition coefficient (Wildman–Crippen LogP) is 5.57. The van der Waals surface area contributed by atoms with E-state index in [1.54, 1.807) is 87.0 Å². The molecule has 1 heterocycles. The van der Waals surface area contributed by atoms with Gasteiger partial charge in [-0.2, -0.15) is 0 Å². The van der Waals surface area contributed by atoms with Crippen LogP contribution in [-0.2, 0) is 0 Å². The second-order valence-corrected chi connectivity index (χ2v) is 10.7. The summed E-state index contributed by atoms with van der Waals surface area (Å²) >= 11 is 0. The molecule has 5 rings (SSSR count). The summed E-state index contributed by atoms with van der Waals surface area (Å²) in [6.07, 6.45) is 1.07. The second-order valence-electron chi connectivity index (χ2n) is 10.7. The Morgan fingerprint density at radius 2 is 1.13 bits per heavy atom. The minimum atomic E-state index is -0.583. The number of rotatable bonds is 9. The number of nitrogens with zero attached hydrogens (tertiary/aromatic N) is 2. The maximum atomic E-state index is 13.4. The summed E-state index contributed by atoms with van der Waals surface area (Å²) in [6, 6.07) is 25.3. The van der Waals surface area contributed by atoms with Gasteiger partial charge >= 0.3 is 5.97 Å². The molecule has 1 aliphatic heterocycles. The Morgan fingerprint density at radius 3 is 1.73 bits per heavy atom. The second kappa shape index (κ2) is 14.4. The molecule has 10 nitrogen and oxygen atoms in total. The van der Waals surface area contributed by atoms with Crippen LogP contribution in [0.1, 0.15) is 37.5 Å². The van der Waals surface area contributed by atoms with Crippen LogP contribution in [0.25, 0.3) is 0 Å². The fraction of sp³-hybridized carbons (Fsp3) is 0.229. The van der Waals surface area contributed by atoms with Gasteiger partial charge in [0.2, 0.25) is 0 Å². The van der Waals surface area contributed by atoms with Gasteiger partial charge in [-0.25, -0.2) is 4.79 Å². The van der Waals surface area contributed by atoms with E-state index in [4.69, 9.17) is 14.2 Å². The fourth-order valence-corrected chi connectivity index (χ4v) is 4.95. The van der Waals surface area contributed by atoms with Crippen molar-refractivity contribution in [3.05, 3.63) is 108 Å². The number of nitrogens with one attached hydrogen (secondary N) is 2. The average molecular weight is 609 g/mol. The lowest BCUT2D eigenvalue weighted by molar-refractivity contribution is 0.0734. The zero-order valence-electron chi connectivity index (χ0n) is 25.5. The molecule has 2 amide bonds. The molecule has 0 saturated carbocycles. The lowest BCUT2D eigenvalue weighted by Crippen LogP contribution is -2.28. The van der Waals surface area contributed by atoms with Crippen molar-refractivity contribution < 1.29 is 28.6 Å². The molecule has 0 aromatic heterocycles. The monoisotopic (exact) mass is 608 g/mol. The first kappa shape index (κ1) is 31.1. The summed E-state index contributed by atoms with van der Waals surface area (Å²) in [5.41, 5.74) is 2.83. The van der Waals surface area contributed by atoms with Crippen LogP contribution in [0.5, 0.6) is 17.2 Å². The van der Waals surface area contributed by atoms with Gasteiger partial charge in [0.25, 0.3) is 11.8 Å². The lowest BCUT2D eigenvalue weighted by atomic mass is 10.1. The number of carbonyl (C=O) groups is 3. The molecule has 0 spiro atoms. The highest BCUT2D eigenvalue weighted by Gasteiger charge is 2.17. The molecule has 1 fully saturated rings. The number of carbonyl (C=O) groups excluding carboxylic acids is 3. The van der Waals surface area contributed by atoms with E-state index in [1.165, 1.54) is 6.07 Å². The van der Waals surface area contributed by atoms with Crippen LogP contribution in [0.15, 0.2) is 91.0 Å². The summed E-state index contributed by atoms with van der Waals surface area (Å²) < 4.78 is 15.9. The number of anilines is 3. The van der Waals surface area contributed by atoms with Gasteiger partial charge in [0.1, 0.15) is 17.2 Å². The first-order chi connectivity index (χ1) is 21.8. The maximum absolute atomic E-state index is 13.4. The lowest BCUT2D eigenvalue weighted by Gasteiger charge is -2.23. The van der Waals surface area contributed by atoms with Gasteiger partial charge in [-0.1, -0.05) is 0 Å². The summed E-state index contributed by atoms with van der Waals surface area (Å²) in [4.78, 5) is 44.0.